The molecular weight excluding hydrogens is 414 g/mol. The molecule has 0 amide bonds. The van der Waals surface area contributed by atoms with Gasteiger partial charge in [-0.1, -0.05) is 12.1 Å². The van der Waals surface area contributed by atoms with Gasteiger partial charge in [0.05, 0.1) is 7.11 Å². The van der Waals surface area contributed by atoms with Crippen molar-refractivity contribution in [2.75, 3.05) is 35.1 Å². The molecule has 0 atom stereocenters. The number of anilines is 4. The molecule has 31 heavy (non-hydrogen) atoms. The molecule has 0 radical (unpaired) electrons. The summed E-state index contributed by atoms with van der Waals surface area (Å²) >= 11 is 0. The number of nitrogens with one attached hydrogen (secondary N) is 2. The van der Waals surface area contributed by atoms with E-state index in [0.717, 1.165) is 43.3 Å². The molecule has 162 valence electrons. The fraction of sp³-hybridized carbons (Fsp3) is 0.273. The smallest absolute Gasteiger partial charge is 0.265 e. The number of nitrogens with zero attached hydrogens (tertiary/aromatic N) is 3. The molecule has 1 fully saturated rings. The Bertz CT molecular complexity index is 1160. The average Bonchev–Trinajstić information content (AvgIpc) is 3.30. The molecular formula is C22H25N5O3S. The summed E-state index contributed by atoms with van der Waals surface area (Å²) in [5, 5.41) is 3.27. The summed E-state index contributed by atoms with van der Waals surface area (Å²) in [6.45, 7) is 3.90. The number of sulfonamides is 1. The van der Waals surface area contributed by atoms with Crippen LogP contribution in [0.15, 0.2) is 59.5 Å². The minimum absolute atomic E-state index is 0.0885. The van der Waals surface area contributed by atoms with Crippen LogP contribution in [0, 0.1) is 6.92 Å². The SMILES string of the molecule is COc1ccccc1S(=O)(=O)Nc1ccc(Nc2cc(C)nc(N3CCCC3)n2)cc1. The van der Waals surface area contributed by atoms with Crippen molar-refractivity contribution in [3.63, 3.8) is 0 Å². The molecule has 1 saturated heterocycles. The quantitative estimate of drug-likeness (QED) is 0.576. The van der Waals surface area contributed by atoms with E-state index in [1.165, 1.54) is 13.2 Å². The van der Waals surface area contributed by atoms with Crippen LogP contribution in [0.4, 0.5) is 23.1 Å². The van der Waals surface area contributed by atoms with E-state index in [1.807, 2.05) is 13.0 Å². The van der Waals surface area contributed by atoms with Crippen LogP contribution >= 0.6 is 0 Å². The molecule has 8 nitrogen and oxygen atoms in total. The first kappa shape index (κ1) is 20.9. The summed E-state index contributed by atoms with van der Waals surface area (Å²) in [5.74, 6) is 1.74. The van der Waals surface area contributed by atoms with Gasteiger partial charge in [0.15, 0.2) is 0 Å². The number of aromatic nitrogens is 2. The summed E-state index contributed by atoms with van der Waals surface area (Å²) in [5.41, 5.74) is 2.14. The van der Waals surface area contributed by atoms with Crippen molar-refractivity contribution in [1.29, 1.82) is 0 Å². The van der Waals surface area contributed by atoms with E-state index in [-0.39, 0.29) is 4.90 Å². The highest BCUT2D eigenvalue weighted by Gasteiger charge is 2.19. The van der Waals surface area contributed by atoms with Crippen molar-refractivity contribution >= 4 is 33.2 Å². The number of benzene rings is 2. The molecule has 0 bridgehead atoms. The zero-order valence-corrected chi connectivity index (χ0v) is 18.3. The summed E-state index contributed by atoms with van der Waals surface area (Å²) in [4.78, 5) is 11.4. The largest absolute Gasteiger partial charge is 0.495 e. The Hall–Kier alpha value is -3.33. The van der Waals surface area contributed by atoms with E-state index >= 15 is 0 Å². The lowest BCUT2D eigenvalue weighted by Crippen LogP contribution is -2.21. The number of aryl methyl sites for hydroxylation is 1. The molecule has 1 aromatic heterocycles. The highest BCUT2D eigenvalue weighted by atomic mass is 32.2. The van der Waals surface area contributed by atoms with Gasteiger partial charge < -0.3 is 15.0 Å². The molecule has 0 aliphatic carbocycles. The molecule has 1 aliphatic heterocycles. The molecule has 2 aromatic carbocycles. The Morgan fingerprint density at radius 1 is 0.968 bits per heavy atom. The van der Waals surface area contributed by atoms with Crippen LogP contribution in [0.1, 0.15) is 18.5 Å². The summed E-state index contributed by atoms with van der Waals surface area (Å²) in [7, 11) is -2.33. The maximum absolute atomic E-state index is 12.7. The van der Waals surface area contributed by atoms with Gasteiger partial charge in [-0.2, -0.15) is 4.98 Å². The predicted octanol–water partition coefficient (Wildman–Crippen LogP) is 3.94. The number of rotatable bonds is 7. The van der Waals surface area contributed by atoms with E-state index in [4.69, 9.17) is 4.74 Å². The molecule has 3 aromatic rings. The monoisotopic (exact) mass is 439 g/mol. The second-order valence-electron chi connectivity index (χ2n) is 7.35. The van der Waals surface area contributed by atoms with Crippen molar-refractivity contribution in [3.8, 4) is 5.75 Å². The minimum atomic E-state index is -3.77. The van der Waals surface area contributed by atoms with E-state index in [2.05, 4.69) is 24.9 Å². The lowest BCUT2D eigenvalue weighted by Gasteiger charge is -2.17. The lowest BCUT2D eigenvalue weighted by molar-refractivity contribution is 0.403. The molecule has 2 heterocycles. The highest BCUT2D eigenvalue weighted by molar-refractivity contribution is 7.92. The van der Waals surface area contributed by atoms with Gasteiger partial charge in [-0.15, -0.1) is 0 Å². The third-order valence-corrected chi connectivity index (χ3v) is 6.42. The van der Waals surface area contributed by atoms with Gasteiger partial charge in [0.1, 0.15) is 16.5 Å². The van der Waals surface area contributed by atoms with Crippen LogP contribution in [-0.4, -0.2) is 38.6 Å². The third-order valence-electron chi connectivity index (χ3n) is 5.00. The Morgan fingerprint density at radius 2 is 1.65 bits per heavy atom. The van der Waals surface area contributed by atoms with Gasteiger partial charge in [0.2, 0.25) is 5.95 Å². The fourth-order valence-electron chi connectivity index (χ4n) is 3.50. The summed E-state index contributed by atoms with van der Waals surface area (Å²) in [6, 6.07) is 15.4. The summed E-state index contributed by atoms with van der Waals surface area (Å²) < 4.78 is 33.2. The molecule has 0 saturated carbocycles. The minimum Gasteiger partial charge on any atom is -0.495 e. The zero-order valence-electron chi connectivity index (χ0n) is 17.5. The predicted molar refractivity (Wildman–Crippen MR) is 122 cm³/mol. The Morgan fingerprint density at radius 3 is 2.35 bits per heavy atom. The highest BCUT2D eigenvalue weighted by Crippen LogP contribution is 2.26. The van der Waals surface area contributed by atoms with Gasteiger partial charge in [-0.25, -0.2) is 13.4 Å². The molecule has 4 rings (SSSR count). The van der Waals surface area contributed by atoms with Gasteiger partial charge in [-0.3, -0.25) is 4.72 Å². The number of para-hydroxylation sites is 1. The number of hydrogen-bond donors (Lipinski definition) is 2. The van der Waals surface area contributed by atoms with Gasteiger partial charge in [0, 0.05) is 36.2 Å². The number of methoxy groups -OCH3 is 1. The topological polar surface area (TPSA) is 96.5 Å². The second-order valence-corrected chi connectivity index (χ2v) is 9.00. The second kappa shape index (κ2) is 8.81. The Kier molecular flexibility index (Phi) is 5.94. The summed E-state index contributed by atoms with van der Waals surface area (Å²) in [6.07, 6.45) is 2.32. The van der Waals surface area contributed by atoms with Crippen LogP contribution in [-0.2, 0) is 10.0 Å². The van der Waals surface area contributed by atoms with Crippen molar-refractivity contribution < 1.29 is 13.2 Å². The van der Waals surface area contributed by atoms with Gasteiger partial charge in [0.25, 0.3) is 10.0 Å². The molecule has 0 spiro atoms. The van der Waals surface area contributed by atoms with Gasteiger partial charge >= 0.3 is 0 Å². The van der Waals surface area contributed by atoms with Crippen molar-refractivity contribution in [1.82, 2.24) is 9.97 Å². The van der Waals surface area contributed by atoms with Crippen molar-refractivity contribution in [2.45, 2.75) is 24.7 Å². The zero-order chi connectivity index (χ0) is 21.8. The van der Waals surface area contributed by atoms with E-state index in [1.54, 1.807) is 42.5 Å². The molecule has 1 aliphatic rings. The van der Waals surface area contributed by atoms with Crippen LogP contribution in [0.2, 0.25) is 0 Å². The van der Waals surface area contributed by atoms with Crippen LogP contribution < -0.4 is 19.7 Å². The normalized spacial score (nSPS) is 13.8. The first-order valence-electron chi connectivity index (χ1n) is 10.1. The Balaban J connectivity index is 1.49. The molecule has 9 heteroatoms. The third kappa shape index (κ3) is 4.88. The fourth-order valence-corrected chi connectivity index (χ4v) is 4.73. The van der Waals surface area contributed by atoms with Crippen LogP contribution in [0.3, 0.4) is 0 Å². The number of hydrogen-bond acceptors (Lipinski definition) is 7. The molecule has 0 unspecified atom stereocenters. The lowest BCUT2D eigenvalue weighted by atomic mass is 10.3. The number of ether oxygens (including phenoxy) is 1. The van der Waals surface area contributed by atoms with Crippen molar-refractivity contribution in [3.05, 3.63) is 60.3 Å². The van der Waals surface area contributed by atoms with Crippen LogP contribution in [0.5, 0.6) is 5.75 Å². The van der Waals surface area contributed by atoms with E-state index in [9.17, 15) is 8.42 Å². The van der Waals surface area contributed by atoms with Crippen molar-refractivity contribution in [2.24, 2.45) is 0 Å². The van der Waals surface area contributed by atoms with Crippen LogP contribution in [0.25, 0.3) is 0 Å². The van der Waals surface area contributed by atoms with E-state index < -0.39 is 10.0 Å². The maximum atomic E-state index is 12.7. The van der Waals surface area contributed by atoms with E-state index in [0.29, 0.717) is 17.3 Å². The van der Waals surface area contributed by atoms with Gasteiger partial charge in [-0.05, 0) is 56.2 Å². The Labute approximate surface area is 182 Å². The average molecular weight is 440 g/mol. The molecule has 2 N–H and O–H groups in total. The maximum Gasteiger partial charge on any atom is 0.265 e. The first-order chi connectivity index (χ1) is 14.9. The standard InChI is InChI=1S/C22H25N5O3S/c1-16-15-21(25-22(23-16)27-13-5-6-14-27)24-17-9-11-18(12-10-17)26-31(28,29)20-8-4-3-7-19(20)30-2/h3-4,7-12,15,26H,5-6,13-14H2,1-2H3,(H,23,24,25). The first-order valence-corrected chi connectivity index (χ1v) is 11.6.